The third-order valence-electron chi connectivity index (χ3n) is 2.68. The van der Waals surface area contributed by atoms with Crippen LogP contribution in [0.3, 0.4) is 0 Å². The van der Waals surface area contributed by atoms with Crippen molar-refractivity contribution in [1.82, 2.24) is 5.32 Å². The molecule has 0 heterocycles. The van der Waals surface area contributed by atoms with Gasteiger partial charge in [-0.2, -0.15) is 0 Å². The van der Waals surface area contributed by atoms with E-state index in [4.69, 9.17) is 5.73 Å². The molecule has 0 aromatic carbocycles. The highest BCUT2D eigenvalue weighted by molar-refractivity contribution is 9.09. The van der Waals surface area contributed by atoms with Gasteiger partial charge in [0.1, 0.15) is 0 Å². The van der Waals surface area contributed by atoms with Crippen molar-refractivity contribution in [3.05, 3.63) is 23.5 Å². The number of nitrogens with one attached hydrogen (secondary N) is 1. The molecule has 1 fully saturated rings. The first-order chi connectivity index (χ1) is 6.96. The molecule has 5 heteroatoms. The zero-order valence-corrected chi connectivity index (χ0v) is 9.73. The molecule has 0 aromatic heterocycles. The van der Waals surface area contributed by atoms with Gasteiger partial charge in [0.05, 0.1) is 5.70 Å². The Bertz CT molecular complexity index is 317. The number of nitrogens with two attached hydrogens (primary N) is 1. The van der Waals surface area contributed by atoms with Crippen molar-refractivity contribution in [2.24, 2.45) is 5.73 Å². The van der Waals surface area contributed by atoms with E-state index in [2.05, 4.69) is 21.2 Å². The van der Waals surface area contributed by atoms with Crippen LogP contribution in [0.25, 0.3) is 0 Å². The van der Waals surface area contributed by atoms with Gasteiger partial charge in [-0.05, 0) is 6.08 Å². The Morgan fingerprint density at radius 1 is 1.47 bits per heavy atom. The molecule has 2 aliphatic rings. The lowest BCUT2D eigenvalue weighted by molar-refractivity contribution is -0.0904. The van der Waals surface area contributed by atoms with Crippen LogP contribution < -0.4 is 11.1 Å². The van der Waals surface area contributed by atoms with Crippen molar-refractivity contribution < 1.29 is 8.78 Å². The van der Waals surface area contributed by atoms with E-state index in [9.17, 15) is 8.78 Å². The van der Waals surface area contributed by atoms with Crippen LogP contribution in [0.2, 0.25) is 0 Å². The summed E-state index contributed by atoms with van der Waals surface area (Å²) in [6.07, 6.45) is 4.37. The van der Waals surface area contributed by atoms with Gasteiger partial charge in [0.15, 0.2) is 0 Å². The average molecular weight is 279 g/mol. The summed E-state index contributed by atoms with van der Waals surface area (Å²) in [7, 11) is 0. The fraction of sp³-hybridized carbons (Fsp3) is 0.600. The first kappa shape index (κ1) is 10.9. The van der Waals surface area contributed by atoms with Crippen molar-refractivity contribution in [3.8, 4) is 0 Å². The van der Waals surface area contributed by atoms with Crippen molar-refractivity contribution in [2.75, 3.05) is 0 Å². The normalized spacial score (nSPS) is 30.2. The molecule has 1 saturated carbocycles. The number of hydrogen-bond donors (Lipinski definition) is 2. The Labute approximate surface area is 95.7 Å². The Balaban J connectivity index is 1.91. The number of hydrogen-bond acceptors (Lipinski definition) is 2. The Morgan fingerprint density at radius 2 is 2.13 bits per heavy atom. The molecular formula is C10H13BrF2N2. The van der Waals surface area contributed by atoms with E-state index >= 15 is 0 Å². The van der Waals surface area contributed by atoms with Gasteiger partial charge in [0, 0.05) is 35.8 Å². The first-order valence-corrected chi connectivity index (χ1v) is 5.83. The maximum absolute atomic E-state index is 12.6. The van der Waals surface area contributed by atoms with Gasteiger partial charge in [0.25, 0.3) is 5.92 Å². The molecule has 2 aliphatic carbocycles. The SMILES string of the molecule is NC1=C(NC2CC(F)(F)C2)C=CC(Br)C1. The van der Waals surface area contributed by atoms with Gasteiger partial charge in [-0.1, -0.05) is 22.0 Å². The summed E-state index contributed by atoms with van der Waals surface area (Å²) in [4.78, 5) is 0.255. The standard InChI is InChI=1S/C10H13BrF2N2/c11-6-1-2-9(8(14)3-6)15-7-4-10(12,13)5-7/h1-2,6-7,15H,3-5,14H2. The fourth-order valence-corrected chi connectivity index (χ4v) is 2.32. The number of allylic oxidation sites excluding steroid dienone is 3. The summed E-state index contributed by atoms with van der Waals surface area (Å²) in [6, 6.07) is -0.134. The molecule has 1 atom stereocenters. The van der Waals surface area contributed by atoms with Crippen LogP contribution >= 0.6 is 15.9 Å². The van der Waals surface area contributed by atoms with Crippen LogP contribution in [0.5, 0.6) is 0 Å². The van der Waals surface area contributed by atoms with Crippen LogP contribution in [0.1, 0.15) is 19.3 Å². The molecule has 0 amide bonds. The molecule has 0 saturated heterocycles. The zero-order chi connectivity index (χ0) is 11.1. The highest BCUT2D eigenvalue weighted by Gasteiger charge is 2.45. The summed E-state index contributed by atoms with van der Waals surface area (Å²) in [5.41, 5.74) is 7.34. The molecule has 0 aromatic rings. The minimum Gasteiger partial charge on any atom is -0.400 e. The maximum Gasteiger partial charge on any atom is 0.252 e. The first-order valence-electron chi connectivity index (χ1n) is 4.91. The Kier molecular flexibility index (Phi) is 2.75. The maximum atomic E-state index is 12.6. The molecule has 2 nitrogen and oxygen atoms in total. The molecule has 84 valence electrons. The topological polar surface area (TPSA) is 38.0 Å². The van der Waals surface area contributed by atoms with E-state index in [1.165, 1.54) is 0 Å². The minimum absolute atomic E-state index is 0.0879. The third-order valence-corrected chi connectivity index (χ3v) is 3.31. The van der Waals surface area contributed by atoms with Crippen LogP contribution in [0.15, 0.2) is 23.5 Å². The van der Waals surface area contributed by atoms with Crippen molar-refractivity contribution in [3.63, 3.8) is 0 Å². The smallest absolute Gasteiger partial charge is 0.252 e. The molecule has 0 aliphatic heterocycles. The predicted molar refractivity (Wildman–Crippen MR) is 58.8 cm³/mol. The summed E-state index contributed by atoms with van der Waals surface area (Å²) in [6.45, 7) is 0. The van der Waals surface area contributed by atoms with Gasteiger partial charge in [0.2, 0.25) is 0 Å². The fourth-order valence-electron chi connectivity index (χ4n) is 1.82. The summed E-state index contributed by atoms with van der Waals surface area (Å²) in [5, 5.41) is 3.05. The number of halogens is 3. The van der Waals surface area contributed by atoms with E-state index in [1.54, 1.807) is 0 Å². The quantitative estimate of drug-likeness (QED) is 0.761. The van der Waals surface area contributed by atoms with Gasteiger partial charge in [-0.15, -0.1) is 0 Å². The summed E-state index contributed by atoms with van der Waals surface area (Å²) in [5.74, 6) is -2.48. The van der Waals surface area contributed by atoms with E-state index in [0.717, 1.165) is 17.8 Å². The van der Waals surface area contributed by atoms with Crippen molar-refractivity contribution in [1.29, 1.82) is 0 Å². The molecule has 2 rings (SSSR count). The molecule has 15 heavy (non-hydrogen) atoms. The van der Waals surface area contributed by atoms with Crippen molar-refractivity contribution >= 4 is 15.9 Å². The molecule has 1 unspecified atom stereocenters. The van der Waals surface area contributed by atoms with E-state index < -0.39 is 5.92 Å². The van der Waals surface area contributed by atoms with Gasteiger partial charge in [-0.25, -0.2) is 8.78 Å². The lowest BCUT2D eigenvalue weighted by atomic mass is 9.87. The third kappa shape index (κ3) is 2.51. The van der Waals surface area contributed by atoms with E-state index in [0.29, 0.717) is 0 Å². The average Bonchev–Trinajstić information content (AvgIpc) is 2.06. The monoisotopic (exact) mass is 278 g/mol. The molecule has 0 radical (unpaired) electrons. The lowest BCUT2D eigenvalue weighted by Crippen LogP contribution is -2.48. The van der Waals surface area contributed by atoms with Crippen LogP contribution in [-0.4, -0.2) is 16.8 Å². The lowest BCUT2D eigenvalue weighted by Gasteiger charge is -2.37. The minimum atomic E-state index is -2.48. The summed E-state index contributed by atoms with van der Waals surface area (Å²) >= 11 is 3.42. The number of rotatable bonds is 2. The van der Waals surface area contributed by atoms with E-state index in [1.807, 2.05) is 12.2 Å². The highest BCUT2D eigenvalue weighted by Crippen LogP contribution is 2.38. The van der Waals surface area contributed by atoms with Crippen LogP contribution in [0, 0.1) is 0 Å². The van der Waals surface area contributed by atoms with Crippen LogP contribution in [0.4, 0.5) is 8.78 Å². The van der Waals surface area contributed by atoms with Gasteiger partial charge in [-0.3, -0.25) is 0 Å². The molecule has 0 bridgehead atoms. The Morgan fingerprint density at radius 3 is 2.67 bits per heavy atom. The second-order valence-electron chi connectivity index (χ2n) is 4.12. The van der Waals surface area contributed by atoms with Crippen LogP contribution in [-0.2, 0) is 0 Å². The van der Waals surface area contributed by atoms with Gasteiger partial charge >= 0.3 is 0 Å². The van der Waals surface area contributed by atoms with Gasteiger partial charge < -0.3 is 11.1 Å². The molecule has 0 spiro atoms. The highest BCUT2D eigenvalue weighted by atomic mass is 79.9. The summed E-state index contributed by atoms with van der Waals surface area (Å²) < 4.78 is 25.2. The largest absolute Gasteiger partial charge is 0.400 e. The van der Waals surface area contributed by atoms with E-state index in [-0.39, 0.29) is 23.7 Å². The predicted octanol–water partition coefficient (Wildman–Crippen LogP) is 2.27. The number of alkyl halides is 3. The zero-order valence-electron chi connectivity index (χ0n) is 8.14. The Hall–Kier alpha value is -0.580. The molecular weight excluding hydrogens is 266 g/mol. The second-order valence-corrected chi connectivity index (χ2v) is 5.30. The van der Waals surface area contributed by atoms with Crippen molar-refractivity contribution in [2.45, 2.75) is 36.1 Å². The molecule has 3 N–H and O–H groups in total. The second kappa shape index (κ2) is 3.77.